The summed E-state index contributed by atoms with van der Waals surface area (Å²) in [6, 6.07) is 6.78. The lowest BCUT2D eigenvalue weighted by Crippen LogP contribution is -2.47. The van der Waals surface area contributed by atoms with Gasteiger partial charge >= 0.3 is 12.0 Å². The summed E-state index contributed by atoms with van der Waals surface area (Å²) in [5, 5.41) is 2.76. The maximum Gasteiger partial charge on any atom is 0.326 e. The average Bonchev–Trinajstić information content (AvgIpc) is 3.24. The number of amides is 5. The predicted molar refractivity (Wildman–Crippen MR) is 98.2 cm³/mol. The molecule has 0 unspecified atom stereocenters. The van der Waals surface area contributed by atoms with Gasteiger partial charge in [-0.2, -0.15) is 0 Å². The zero-order valence-electron chi connectivity index (χ0n) is 15.8. The number of likely N-dealkylation sites (tertiary alicyclic amines) is 1. The number of nitrogens with zero attached hydrogens (tertiary/aromatic N) is 2. The van der Waals surface area contributed by atoms with Crippen LogP contribution in [-0.4, -0.2) is 59.2 Å². The second-order valence-electron chi connectivity index (χ2n) is 7.44. The van der Waals surface area contributed by atoms with Crippen LogP contribution in [0, 0.1) is 0 Å². The number of fused-ring (bicyclic) bond motifs is 2. The Morgan fingerprint density at radius 3 is 2.66 bits per heavy atom. The smallest absolute Gasteiger partial charge is 0.326 e. The van der Waals surface area contributed by atoms with E-state index >= 15 is 0 Å². The van der Waals surface area contributed by atoms with Gasteiger partial charge in [0.05, 0.1) is 0 Å². The quantitative estimate of drug-likeness (QED) is 0.581. The molecule has 1 aromatic carbocycles. The molecule has 9 heteroatoms. The van der Waals surface area contributed by atoms with Crippen molar-refractivity contribution >= 4 is 29.7 Å². The van der Waals surface area contributed by atoms with Crippen LogP contribution in [0.5, 0.6) is 0 Å². The Morgan fingerprint density at radius 1 is 1.10 bits per heavy atom. The first-order valence-corrected chi connectivity index (χ1v) is 9.64. The van der Waals surface area contributed by atoms with Gasteiger partial charge in [0.25, 0.3) is 11.8 Å². The minimum atomic E-state index is -1.16. The van der Waals surface area contributed by atoms with Crippen LogP contribution in [0.15, 0.2) is 24.3 Å². The third kappa shape index (κ3) is 3.26. The molecule has 1 aliphatic carbocycles. The minimum absolute atomic E-state index is 0.293. The number of hydrogen-bond acceptors (Lipinski definition) is 6. The molecule has 2 heterocycles. The zero-order valence-corrected chi connectivity index (χ0v) is 15.8. The highest BCUT2D eigenvalue weighted by molar-refractivity contribution is 6.09. The molecule has 1 N–H and O–H groups in total. The molecule has 4 rings (SSSR count). The van der Waals surface area contributed by atoms with Crippen LogP contribution in [-0.2, 0) is 35.9 Å². The normalized spacial score (nSPS) is 23.4. The summed E-state index contributed by atoms with van der Waals surface area (Å²) in [4.78, 5) is 63.1. The van der Waals surface area contributed by atoms with E-state index < -0.39 is 42.5 Å². The summed E-state index contributed by atoms with van der Waals surface area (Å²) in [6.07, 6.45) is 2.89. The number of esters is 1. The second kappa shape index (κ2) is 7.31. The first-order valence-electron chi connectivity index (χ1n) is 9.64. The number of nitrogens with one attached hydrogen (secondary N) is 1. The van der Waals surface area contributed by atoms with Gasteiger partial charge in [-0.05, 0) is 36.8 Å². The van der Waals surface area contributed by atoms with Gasteiger partial charge in [0.15, 0.2) is 6.61 Å². The lowest BCUT2D eigenvalue weighted by molar-refractivity contribution is -0.155. The van der Waals surface area contributed by atoms with E-state index in [1.165, 1.54) is 0 Å². The SMILES string of the molecule is O=C(CN1C(=O)N[C@]2(CCCc3ccccc32)C1=O)OCC(=O)N1CCCC1=O. The Kier molecular flexibility index (Phi) is 4.81. The van der Waals surface area contributed by atoms with Crippen molar-refractivity contribution in [1.29, 1.82) is 0 Å². The highest BCUT2D eigenvalue weighted by Crippen LogP contribution is 2.39. The van der Waals surface area contributed by atoms with Crippen LogP contribution in [0.1, 0.15) is 36.8 Å². The Labute approximate surface area is 167 Å². The van der Waals surface area contributed by atoms with Crippen LogP contribution < -0.4 is 5.32 Å². The van der Waals surface area contributed by atoms with Gasteiger partial charge in [-0.15, -0.1) is 0 Å². The summed E-state index contributed by atoms with van der Waals surface area (Å²) in [7, 11) is 0. The number of carbonyl (C=O) groups excluding carboxylic acids is 5. The molecular weight excluding hydrogens is 378 g/mol. The molecule has 0 radical (unpaired) electrons. The largest absolute Gasteiger partial charge is 0.454 e. The van der Waals surface area contributed by atoms with E-state index in [0.717, 1.165) is 33.8 Å². The van der Waals surface area contributed by atoms with Gasteiger partial charge in [0, 0.05) is 13.0 Å². The van der Waals surface area contributed by atoms with Gasteiger partial charge in [-0.25, -0.2) is 4.79 Å². The Hall–Kier alpha value is -3.23. The average molecular weight is 399 g/mol. The predicted octanol–water partition coefficient (Wildman–Crippen LogP) is 0.462. The maximum atomic E-state index is 13.1. The summed E-state index contributed by atoms with van der Waals surface area (Å²) in [6.45, 7) is -0.873. The molecule has 0 aromatic heterocycles. The van der Waals surface area contributed by atoms with E-state index in [1.54, 1.807) is 0 Å². The van der Waals surface area contributed by atoms with Gasteiger partial charge in [0.1, 0.15) is 12.1 Å². The van der Waals surface area contributed by atoms with Crippen LogP contribution in [0.3, 0.4) is 0 Å². The number of imide groups is 2. The summed E-state index contributed by atoms with van der Waals surface area (Å²) >= 11 is 0. The Morgan fingerprint density at radius 2 is 1.90 bits per heavy atom. The first-order chi connectivity index (χ1) is 13.9. The van der Waals surface area contributed by atoms with E-state index in [1.807, 2.05) is 24.3 Å². The monoisotopic (exact) mass is 399 g/mol. The number of benzene rings is 1. The number of ether oxygens (including phenoxy) is 1. The molecular formula is C20H21N3O6. The Balaban J connectivity index is 1.42. The number of urea groups is 1. The van der Waals surface area contributed by atoms with Crippen molar-refractivity contribution in [2.24, 2.45) is 0 Å². The summed E-state index contributed by atoms with van der Waals surface area (Å²) in [5.74, 6) is -2.27. The van der Waals surface area contributed by atoms with E-state index in [4.69, 9.17) is 4.74 Å². The van der Waals surface area contributed by atoms with Crippen molar-refractivity contribution < 1.29 is 28.7 Å². The second-order valence-corrected chi connectivity index (χ2v) is 7.44. The number of rotatable bonds is 4. The minimum Gasteiger partial charge on any atom is -0.454 e. The first kappa shape index (κ1) is 19.1. The fraction of sp³-hybridized carbons (Fsp3) is 0.450. The highest BCUT2D eigenvalue weighted by Gasteiger charge is 2.54. The van der Waals surface area contributed by atoms with Crippen molar-refractivity contribution in [3.63, 3.8) is 0 Å². The van der Waals surface area contributed by atoms with Gasteiger partial charge in [-0.1, -0.05) is 24.3 Å². The molecule has 1 atom stereocenters. The molecule has 0 saturated carbocycles. The third-order valence-corrected chi connectivity index (χ3v) is 5.67. The van der Waals surface area contributed by atoms with Crippen molar-refractivity contribution in [1.82, 2.24) is 15.1 Å². The van der Waals surface area contributed by atoms with Crippen molar-refractivity contribution in [2.45, 2.75) is 37.6 Å². The van der Waals surface area contributed by atoms with Gasteiger partial charge in [0.2, 0.25) is 5.91 Å². The summed E-state index contributed by atoms with van der Waals surface area (Å²) in [5.41, 5.74) is 0.588. The topological polar surface area (TPSA) is 113 Å². The molecule has 5 amide bonds. The molecule has 2 aliphatic heterocycles. The fourth-order valence-corrected chi connectivity index (χ4v) is 4.26. The molecule has 0 bridgehead atoms. The standard InChI is InChI=1S/C20H21N3O6/c24-15-8-4-10-22(15)16(25)12-29-17(26)11-23-18(27)20(21-19(23)28)9-3-6-13-5-1-2-7-14(13)20/h1-2,5,7H,3-4,6,8-12H2,(H,21,28)/t20-/m0/s1. The number of hydrogen-bond donors (Lipinski definition) is 1. The Bertz CT molecular complexity index is 913. The molecule has 1 spiro atoms. The van der Waals surface area contributed by atoms with Gasteiger partial charge in [-0.3, -0.25) is 29.0 Å². The van der Waals surface area contributed by atoms with Crippen LogP contribution >= 0.6 is 0 Å². The number of carbonyl (C=O) groups is 5. The van der Waals surface area contributed by atoms with Gasteiger partial charge < -0.3 is 10.1 Å². The molecule has 2 saturated heterocycles. The van der Waals surface area contributed by atoms with Crippen LogP contribution in [0.4, 0.5) is 4.79 Å². The highest BCUT2D eigenvalue weighted by atomic mass is 16.5. The third-order valence-electron chi connectivity index (χ3n) is 5.67. The lowest BCUT2D eigenvalue weighted by atomic mass is 9.76. The molecule has 29 heavy (non-hydrogen) atoms. The molecule has 9 nitrogen and oxygen atoms in total. The lowest BCUT2D eigenvalue weighted by Gasteiger charge is -2.33. The molecule has 2 fully saturated rings. The summed E-state index contributed by atoms with van der Waals surface area (Å²) < 4.78 is 4.91. The maximum absolute atomic E-state index is 13.1. The van der Waals surface area contributed by atoms with E-state index in [-0.39, 0.29) is 5.91 Å². The van der Waals surface area contributed by atoms with E-state index in [9.17, 15) is 24.0 Å². The molecule has 3 aliphatic rings. The molecule has 1 aromatic rings. The molecule has 152 valence electrons. The van der Waals surface area contributed by atoms with Crippen molar-refractivity contribution in [3.05, 3.63) is 35.4 Å². The van der Waals surface area contributed by atoms with Crippen molar-refractivity contribution in [2.75, 3.05) is 19.7 Å². The number of aryl methyl sites for hydroxylation is 1. The fourth-order valence-electron chi connectivity index (χ4n) is 4.26. The van der Waals surface area contributed by atoms with E-state index in [0.29, 0.717) is 25.8 Å². The zero-order chi connectivity index (χ0) is 20.6. The van der Waals surface area contributed by atoms with Crippen LogP contribution in [0.25, 0.3) is 0 Å². The van der Waals surface area contributed by atoms with E-state index in [2.05, 4.69) is 5.32 Å². The van der Waals surface area contributed by atoms with Crippen LogP contribution in [0.2, 0.25) is 0 Å². The van der Waals surface area contributed by atoms with Crippen molar-refractivity contribution in [3.8, 4) is 0 Å².